The van der Waals surface area contributed by atoms with Gasteiger partial charge in [0.05, 0.1) is 37.3 Å². The molecule has 0 radical (unpaired) electrons. The molecule has 0 aromatic heterocycles. The van der Waals surface area contributed by atoms with Crippen LogP contribution in [0.15, 0.2) is 64.8 Å². The average molecular weight is 361 g/mol. The molecule has 2 aromatic rings. The minimum Gasteiger partial charge on any atom is -0.507 e. The minimum absolute atomic E-state index is 0.0355. The van der Waals surface area contributed by atoms with Crippen LogP contribution in [0.25, 0.3) is 0 Å². The lowest BCUT2D eigenvalue weighted by Gasteiger charge is -2.60. The largest absolute Gasteiger partial charge is 0.507 e. The third-order valence-electron chi connectivity index (χ3n) is 5.62. The van der Waals surface area contributed by atoms with Gasteiger partial charge in [0.15, 0.2) is 0 Å². The Balaban J connectivity index is 1.53. The standard InChI is InChI=1S/C21H23N5O/c27-19-9-5-4-8-18(19)10-22-23-20(17-6-2-1-3-7-17)21-11-24-14-25(12-21)16-26(13-21)15-24/h1-10,27H,11-16H2/b22-10+,23-20+. The highest BCUT2D eigenvalue weighted by molar-refractivity contribution is 6.05. The molecule has 0 aliphatic carbocycles. The first-order chi connectivity index (χ1) is 13.2. The van der Waals surface area contributed by atoms with Crippen LogP contribution in [0.5, 0.6) is 5.75 Å². The molecule has 6 heteroatoms. The van der Waals surface area contributed by atoms with Crippen molar-refractivity contribution in [2.24, 2.45) is 15.6 Å². The van der Waals surface area contributed by atoms with Crippen molar-refractivity contribution in [1.82, 2.24) is 14.7 Å². The van der Waals surface area contributed by atoms with Gasteiger partial charge in [-0.25, -0.2) is 0 Å². The number of benzene rings is 2. The van der Waals surface area contributed by atoms with Crippen molar-refractivity contribution >= 4 is 11.9 Å². The molecular formula is C21H23N5O. The highest BCUT2D eigenvalue weighted by Gasteiger charge is 2.51. The number of nitrogens with zero attached hydrogens (tertiary/aromatic N) is 5. The van der Waals surface area contributed by atoms with Gasteiger partial charge in [0.2, 0.25) is 0 Å². The summed E-state index contributed by atoms with van der Waals surface area (Å²) in [7, 11) is 0. The molecule has 0 spiro atoms. The Morgan fingerprint density at radius 2 is 1.44 bits per heavy atom. The quantitative estimate of drug-likeness (QED) is 0.669. The van der Waals surface area contributed by atoms with Crippen LogP contribution in [0, 0.1) is 5.41 Å². The van der Waals surface area contributed by atoms with E-state index in [0.29, 0.717) is 5.56 Å². The molecule has 0 saturated carbocycles. The maximum Gasteiger partial charge on any atom is 0.124 e. The van der Waals surface area contributed by atoms with Gasteiger partial charge in [-0.3, -0.25) is 14.7 Å². The number of phenolic OH excluding ortho intramolecular Hbond substituents is 1. The summed E-state index contributed by atoms with van der Waals surface area (Å²) in [5.41, 5.74) is 2.80. The van der Waals surface area contributed by atoms with E-state index in [1.54, 1.807) is 18.3 Å². The number of para-hydroxylation sites is 1. The van der Waals surface area contributed by atoms with Gasteiger partial charge in [0, 0.05) is 25.2 Å². The van der Waals surface area contributed by atoms with Gasteiger partial charge in [-0.15, -0.1) is 0 Å². The summed E-state index contributed by atoms with van der Waals surface area (Å²) < 4.78 is 0. The maximum atomic E-state index is 9.96. The molecule has 6 nitrogen and oxygen atoms in total. The monoisotopic (exact) mass is 361 g/mol. The Morgan fingerprint density at radius 3 is 2.07 bits per heavy atom. The van der Waals surface area contributed by atoms with E-state index in [9.17, 15) is 5.11 Å². The lowest BCUT2D eigenvalue weighted by Crippen LogP contribution is -2.74. The van der Waals surface area contributed by atoms with Crippen LogP contribution in [0.4, 0.5) is 0 Å². The molecule has 4 bridgehead atoms. The van der Waals surface area contributed by atoms with Gasteiger partial charge in [0.1, 0.15) is 5.75 Å². The molecule has 6 rings (SSSR count). The zero-order valence-electron chi connectivity index (χ0n) is 15.2. The minimum atomic E-state index is -0.0355. The summed E-state index contributed by atoms with van der Waals surface area (Å²) in [6.45, 7) is 6.17. The van der Waals surface area contributed by atoms with Crippen LogP contribution >= 0.6 is 0 Å². The van der Waals surface area contributed by atoms with Crippen molar-refractivity contribution in [1.29, 1.82) is 0 Å². The molecule has 4 aliphatic rings. The molecule has 1 N–H and O–H groups in total. The van der Waals surface area contributed by atoms with E-state index in [-0.39, 0.29) is 11.2 Å². The number of phenols is 1. The first-order valence-electron chi connectivity index (χ1n) is 9.34. The Kier molecular flexibility index (Phi) is 4.04. The summed E-state index contributed by atoms with van der Waals surface area (Å²) in [5, 5.41) is 19.1. The van der Waals surface area contributed by atoms with Crippen LogP contribution in [0.1, 0.15) is 11.1 Å². The fourth-order valence-corrected chi connectivity index (χ4v) is 4.75. The molecule has 4 heterocycles. The number of aromatic hydroxyl groups is 1. The van der Waals surface area contributed by atoms with Gasteiger partial charge < -0.3 is 5.11 Å². The van der Waals surface area contributed by atoms with Crippen LogP contribution in [0.2, 0.25) is 0 Å². The Morgan fingerprint density at radius 1 is 0.852 bits per heavy atom. The van der Waals surface area contributed by atoms with Crippen LogP contribution in [-0.4, -0.2) is 71.4 Å². The zero-order valence-corrected chi connectivity index (χ0v) is 15.2. The van der Waals surface area contributed by atoms with E-state index in [1.807, 2.05) is 18.2 Å². The molecular weight excluding hydrogens is 338 g/mol. The normalized spacial score (nSPS) is 32.3. The van der Waals surface area contributed by atoms with E-state index >= 15 is 0 Å². The van der Waals surface area contributed by atoms with Gasteiger partial charge in [-0.1, -0.05) is 42.5 Å². The van der Waals surface area contributed by atoms with Crippen molar-refractivity contribution in [3.8, 4) is 5.75 Å². The molecule has 138 valence electrons. The third-order valence-corrected chi connectivity index (χ3v) is 5.62. The summed E-state index contributed by atoms with van der Waals surface area (Å²) in [5.74, 6) is 0.218. The van der Waals surface area contributed by atoms with Gasteiger partial charge in [-0.05, 0) is 17.7 Å². The summed E-state index contributed by atoms with van der Waals surface area (Å²) in [6, 6.07) is 17.6. The van der Waals surface area contributed by atoms with Crippen molar-refractivity contribution in [2.75, 3.05) is 39.6 Å². The fraction of sp³-hybridized carbons (Fsp3) is 0.333. The molecule has 4 fully saturated rings. The Labute approximate surface area is 159 Å². The lowest BCUT2D eigenvalue weighted by atomic mass is 9.74. The topological polar surface area (TPSA) is 54.7 Å². The molecule has 0 amide bonds. The second-order valence-corrected chi connectivity index (χ2v) is 7.81. The first kappa shape index (κ1) is 16.6. The van der Waals surface area contributed by atoms with E-state index in [1.165, 1.54) is 0 Å². The highest BCUT2D eigenvalue weighted by atomic mass is 16.3. The maximum absolute atomic E-state index is 9.96. The van der Waals surface area contributed by atoms with Gasteiger partial charge in [-0.2, -0.15) is 10.2 Å². The van der Waals surface area contributed by atoms with E-state index < -0.39 is 0 Å². The van der Waals surface area contributed by atoms with Crippen LogP contribution < -0.4 is 0 Å². The van der Waals surface area contributed by atoms with E-state index in [0.717, 1.165) is 50.9 Å². The van der Waals surface area contributed by atoms with Crippen molar-refractivity contribution < 1.29 is 5.11 Å². The fourth-order valence-electron chi connectivity index (χ4n) is 4.75. The summed E-state index contributed by atoms with van der Waals surface area (Å²) in [6.07, 6.45) is 1.64. The molecule has 4 aliphatic heterocycles. The van der Waals surface area contributed by atoms with Crippen molar-refractivity contribution in [3.63, 3.8) is 0 Å². The zero-order chi connectivity index (χ0) is 18.3. The van der Waals surface area contributed by atoms with Gasteiger partial charge in [0.25, 0.3) is 0 Å². The Hall–Kier alpha value is -2.54. The lowest BCUT2D eigenvalue weighted by molar-refractivity contribution is -0.149. The number of rotatable bonds is 4. The predicted molar refractivity (Wildman–Crippen MR) is 106 cm³/mol. The Bertz CT molecular complexity index is 857. The molecule has 27 heavy (non-hydrogen) atoms. The second kappa shape index (κ2) is 6.56. The predicted octanol–water partition coefficient (Wildman–Crippen LogP) is 2.02. The second-order valence-electron chi connectivity index (χ2n) is 7.81. The first-order valence-corrected chi connectivity index (χ1v) is 9.34. The van der Waals surface area contributed by atoms with Crippen molar-refractivity contribution in [3.05, 3.63) is 65.7 Å². The van der Waals surface area contributed by atoms with Crippen LogP contribution in [0.3, 0.4) is 0 Å². The molecule has 2 aromatic carbocycles. The highest BCUT2D eigenvalue weighted by Crippen LogP contribution is 2.38. The number of hydrogen-bond acceptors (Lipinski definition) is 6. The van der Waals surface area contributed by atoms with Crippen LogP contribution in [-0.2, 0) is 0 Å². The summed E-state index contributed by atoms with van der Waals surface area (Å²) >= 11 is 0. The van der Waals surface area contributed by atoms with Crippen molar-refractivity contribution in [2.45, 2.75) is 0 Å². The molecule has 0 unspecified atom stereocenters. The molecule has 4 saturated heterocycles. The number of hydrogen-bond donors (Lipinski definition) is 1. The van der Waals surface area contributed by atoms with E-state index in [2.05, 4.69) is 44.1 Å². The van der Waals surface area contributed by atoms with Gasteiger partial charge >= 0.3 is 0 Å². The summed E-state index contributed by atoms with van der Waals surface area (Å²) in [4.78, 5) is 7.46. The van der Waals surface area contributed by atoms with E-state index in [4.69, 9.17) is 5.10 Å². The average Bonchev–Trinajstić information content (AvgIpc) is 2.66. The smallest absolute Gasteiger partial charge is 0.124 e. The third kappa shape index (κ3) is 3.06. The SMILES string of the molecule is Oc1ccccc1/C=N/N=C(\c1ccccc1)C12CN3CN(CN(C3)C1)C2. The molecule has 0 atom stereocenters.